The number of methoxy groups -OCH3 is 2. The number of benzene rings is 3. The van der Waals surface area contributed by atoms with Gasteiger partial charge in [0.25, 0.3) is 15.9 Å². The topological polar surface area (TPSA) is 116 Å². The Kier molecular flexibility index (Phi) is 7.46. The molecule has 0 aliphatic heterocycles. The third kappa shape index (κ3) is 5.73. The number of aryl methyl sites for hydroxylation is 2. The van der Waals surface area contributed by atoms with E-state index in [4.69, 9.17) is 9.47 Å². The van der Waals surface area contributed by atoms with Crippen molar-refractivity contribution in [2.45, 2.75) is 25.3 Å². The molecule has 0 saturated carbocycles. The van der Waals surface area contributed by atoms with Crippen LogP contribution in [0.3, 0.4) is 0 Å². The predicted octanol–water partition coefficient (Wildman–Crippen LogP) is 4.04. The van der Waals surface area contributed by atoms with Crippen molar-refractivity contribution in [1.82, 2.24) is 4.57 Å². The number of anilines is 1. The molecule has 0 aliphatic carbocycles. The van der Waals surface area contributed by atoms with Crippen molar-refractivity contribution >= 4 is 49.1 Å². The summed E-state index contributed by atoms with van der Waals surface area (Å²) in [6.07, 6.45) is 0. The van der Waals surface area contributed by atoms with Crippen LogP contribution in [0.15, 0.2) is 70.6 Å². The number of aromatic nitrogens is 1. The van der Waals surface area contributed by atoms with Gasteiger partial charge >= 0.3 is 5.97 Å². The van der Waals surface area contributed by atoms with Gasteiger partial charge in [-0.2, -0.15) is 4.99 Å². The number of rotatable bonds is 7. The van der Waals surface area contributed by atoms with Crippen molar-refractivity contribution in [3.8, 4) is 5.75 Å². The lowest BCUT2D eigenvalue weighted by Crippen LogP contribution is -2.22. The minimum absolute atomic E-state index is 0.0777. The molecule has 0 radical (unpaired) electrons. The van der Waals surface area contributed by atoms with E-state index in [1.807, 2.05) is 26.0 Å². The summed E-state index contributed by atoms with van der Waals surface area (Å²) < 4.78 is 40.3. The molecule has 1 aromatic heterocycles. The van der Waals surface area contributed by atoms with Crippen molar-refractivity contribution in [3.63, 3.8) is 0 Å². The molecule has 9 nitrogen and oxygen atoms in total. The summed E-state index contributed by atoms with van der Waals surface area (Å²) >= 11 is 1.31. The lowest BCUT2D eigenvalue weighted by Gasteiger charge is -2.09. The number of ether oxygens (including phenoxy) is 2. The molecule has 37 heavy (non-hydrogen) atoms. The molecule has 0 spiro atoms. The van der Waals surface area contributed by atoms with Gasteiger partial charge in [-0.15, -0.1) is 0 Å². The predicted molar refractivity (Wildman–Crippen MR) is 141 cm³/mol. The molecular formula is C26H25N3O6S2. The van der Waals surface area contributed by atoms with Gasteiger partial charge in [0.2, 0.25) is 0 Å². The first-order chi connectivity index (χ1) is 17.6. The van der Waals surface area contributed by atoms with E-state index in [0.717, 1.165) is 21.3 Å². The van der Waals surface area contributed by atoms with Crippen LogP contribution in [0, 0.1) is 13.8 Å². The lowest BCUT2D eigenvalue weighted by atomic mass is 10.1. The molecule has 192 valence electrons. The zero-order valence-corrected chi connectivity index (χ0v) is 22.3. The fourth-order valence-corrected chi connectivity index (χ4v) is 5.88. The molecule has 4 rings (SSSR count). The summed E-state index contributed by atoms with van der Waals surface area (Å²) in [6, 6.07) is 15.9. The maximum atomic E-state index is 13.0. The maximum absolute atomic E-state index is 13.0. The largest absolute Gasteiger partial charge is 0.497 e. The second-order valence-corrected chi connectivity index (χ2v) is 10.9. The van der Waals surface area contributed by atoms with Gasteiger partial charge in [0.15, 0.2) is 4.80 Å². The molecule has 1 amide bonds. The molecule has 0 fully saturated rings. The highest BCUT2D eigenvalue weighted by molar-refractivity contribution is 7.92. The Morgan fingerprint density at radius 1 is 1.00 bits per heavy atom. The molecule has 0 aliphatic rings. The van der Waals surface area contributed by atoms with E-state index in [0.29, 0.717) is 16.2 Å². The van der Waals surface area contributed by atoms with Crippen LogP contribution in [0.2, 0.25) is 0 Å². The van der Waals surface area contributed by atoms with Gasteiger partial charge in [0, 0.05) is 11.3 Å². The monoisotopic (exact) mass is 539 g/mol. The SMILES string of the molecule is COC(=O)Cn1c(=NC(=O)c2ccc(NS(=O)(=O)c3ccc(OC)cc3)cc2)sc2c(C)cc(C)cc21. The minimum atomic E-state index is -3.82. The summed E-state index contributed by atoms with van der Waals surface area (Å²) in [6.45, 7) is 3.84. The summed E-state index contributed by atoms with van der Waals surface area (Å²) in [5.74, 6) is -0.437. The van der Waals surface area contributed by atoms with Gasteiger partial charge in [-0.1, -0.05) is 17.4 Å². The van der Waals surface area contributed by atoms with Gasteiger partial charge in [-0.25, -0.2) is 8.42 Å². The molecule has 4 aromatic rings. The van der Waals surface area contributed by atoms with E-state index in [1.165, 1.54) is 62.0 Å². The van der Waals surface area contributed by atoms with Crippen LogP contribution in [0.4, 0.5) is 5.69 Å². The quantitative estimate of drug-likeness (QED) is 0.354. The van der Waals surface area contributed by atoms with E-state index < -0.39 is 21.9 Å². The van der Waals surface area contributed by atoms with Gasteiger partial charge in [0.1, 0.15) is 12.3 Å². The number of nitrogens with one attached hydrogen (secondary N) is 1. The Bertz CT molecular complexity index is 1650. The average Bonchev–Trinajstić information content (AvgIpc) is 3.21. The Labute approximate surface area is 218 Å². The first kappa shape index (κ1) is 26.1. The molecule has 0 unspecified atom stereocenters. The number of amides is 1. The highest BCUT2D eigenvalue weighted by atomic mass is 32.2. The van der Waals surface area contributed by atoms with E-state index in [1.54, 1.807) is 16.7 Å². The zero-order valence-electron chi connectivity index (χ0n) is 20.6. The number of sulfonamides is 1. The number of fused-ring (bicyclic) bond motifs is 1. The van der Waals surface area contributed by atoms with E-state index in [-0.39, 0.29) is 17.0 Å². The van der Waals surface area contributed by atoms with Crippen LogP contribution in [0.5, 0.6) is 5.75 Å². The summed E-state index contributed by atoms with van der Waals surface area (Å²) in [5.41, 5.74) is 3.39. The van der Waals surface area contributed by atoms with E-state index >= 15 is 0 Å². The highest BCUT2D eigenvalue weighted by Gasteiger charge is 2.16. The first-order valence-corrected chi connectivity index (χ1v) is 13.4. The molecule has 0 saturated heterocycles. The van der Waals surface area contributed by atoms with Crippen LogP contribution >= 0.6 is 11.3 Å². The Morgan fingerprint density at radius 2 is 1.68 bits per heavy atom. The zero-order chi connectivity index (χ0) is 26.7. The molecule has 3 aromatic carbocycles. The molecular weight excluding hydrogens is 514 g/mol. The van der Waals surface area contributed by atoms with Crippen LogP contribution < -0.4 is 14.3 Å². The van der Waals surface area contributed by atoms with Crippen LogP contribution in [-0.4, -0.2) is 39.1 Å². The van der Waals surface area contributed by atoms with E-state index in [2.05, 4.69) is 9.71 Å². The Balaban J connectivity index is 1.63. The highest BCUT2D eigenvalue weighted by Crippen LogP contribution is 2.24. The van der Waals surface area contributed by atoms with Crippen molar-refractivity contribution < 1.29 is 27.5 Å². The Hall–Kier alpha value is -3.96. The lowest BCUT2D eigenvalue weighted by molar-refractivity contribution is -0.141. The molecule has 11 heteroatoms. The second kappa shape index (κ2) is 10.6. The molecule has 0 atom stereocenters. The standard InChI is InChI=1S/C26H25N3O6S2/c1-16-13-17(2)24-22(14-16)29(15-23(30)35-4)26(36-24)27-25(31)18-5-7-19(8-6-18)28-37(32,33)21-11-9-20(34-3)10-12-21/h5-14,28H,15H2,1-4H3. The summed E-state index contributed by atoms with van der Waals surface area (Å²) in [5, 5.41) is 0. The van der Waals surface area contributed by atoms with Crippen molar-refractivity contribution in [1.29, 1.82) is 0 Å². The number of hydrogen-bond donors (Lipinski definition) is 1. The van der Waals surface area contributed by atoms with Crippen LogP contribution in [0.1, 0.15) is 21.5 Å². The van der Waals surface area contributed by atoms with Crippen molar-refractivity contribution in [2.75, 3.05) is 18.9 Å². The number of esters is 1. The van der Waals surface area contributed by atoms with Gasteiger partial charge in [-0.3, -0.25) is 14.3 Å². The minimum Gasteiger partial charge on any atom is -0.497 e. The Morgan fingerprint density at radius 3 is 2.30 bits per heavy atom. The molecule has 1 heterocycles. The number of thiazole rings is 1. The second-order valence-electron chi connectivity index (χ2n) is 8.25. The van der Waals surface area contributed by atoms with Crippen LogP contribution in [0.25, 0.3) is 10.2 Å². The molecule has 0 bridgehead atoms. The summed E-state index contributed by atoms with van der Waals surface area (Å²) in [4.78, 5) is 29.8. The fraction of sp³-hybridized carbons (Fsp3) is 0.192. The third-order valence-electron chi connectivity index (χ3n) is 5.58. The average molecular weight is 540 g/mol. The number of hydrogen-bond acceptors (Lipinski definition) is 7. The number of carbonyl (C=O) groups excluding carboxylic acids is 2. The van der Waals surface area contributed by atoms with Gasteiger partial charge in [-0.05, 0) is 79.6 Å². The first-order valence-electron chi connectivity index (χ1n) is 11.1. The van der Waals surface area contributed by atoms with Gasteiger partial charge < -0.3 is 14.0 Å². The molecule has 1 N–H and O–H groups in total. The third-order valence-corrected chi connectivity index (χ3v) is 8.21. The number of nitrogens with zero attached hydrogens (tertiary/aromatic N) is 2. The fourth-order valence-electron chi connectivity index (χ4n) is 3.75. The van der Waals surface area contributed by atoms with E-state index in [9.17, 15) is 18.0 Å². The smallest absolute Gasteiger partial charge is 0.325 e. The maximum Gasteiger partial charge on any atom is 0.325 e. The normalized spacial score (nSPS) is 11.9. The van der Waals surface area contributed by atoms with Gasteiger partial charge in [0.05, 0.1) is 29.3 Å². The van der Waals surface area contributed by atoms with Crippen LogP contribution in [-0.2, 0) is 26.1 Å². The van der Waals surface area contributed by atoms with Crippen molar-refractivity contribution in [2.24, 2.45) is 4.99 Å². The number of carbonyl (C=O) groups is 2. The van der Waals surface area contributed by atoms with Crippen molar-refractivity contribution in [3.05, 3.63) is 82.2 Å². The summed E-state index contributed by atoms with van der Waals surface area (Å²) in [7, 11) is -1.02.